The Balaban J connectivity index is 1.45. The molecule has 2 aromatic heterocycles. The van der Waals surface area contributed by atoms with E-state index in [4.69, 9.17) is 18.6 Å². The lowest BCUT2D eigenvalue weighted by Gasteiger charge is -2.26. The highest BCUT2D eigenvalue weighted by atomic mass is 16.5. The van der Waals surface area contributed by atoms with E-state index in [9.17, 15) is 4.79 Å². The molecule has 0 saturated carbocycles. The maximum Gasteiger partial charge on any atom is 0.349 e. The van der Waals surface area contributed by atoms with Crippen molar-refractivity contribution in [1.29, 1.82) is 0 Å². The monoisotopic (exact) mass is 634 g/mol. The summed E-state index contributed by atoms with van der Waals surface area (Å²) in [5, 5.41) is 4.94. The highest BCUT2D eigenvalue weighted by Gasteiger charge is 2.18. The molecule has 5 rings (SSSR count). The van der Waals surface area contributed by atoms with Crippen molar-refractivity contribution < 1.29 is 18.6 Å². The van der Waals surface area contributed by atoms with Gasteiger partial charge in [0.15, 0.2) is 0 Å². The summed E-state index contributed by atoms with van der Waals surface area (Å²) in [6.45, 7) is 12.8. The van der Waals surface area contributed by atoms with E-state index < -0.39 is 5.63 Å². The first-order valence-corrected chi connectivity index (χ1v) is 15.8. The van der Waals surface area contributed by atoms with Gasteiger partial charge in [0.05, 0.1) is 31.9 Å². The van der Waals surface area contributed by atoms with Crippen LogP contribution in [0.3, 0.4) is 0 Å². The zero-order chi connectivity index (χ0) is 33.4. The zero-order valence-electron chi connectivity index (χ0n) is 27.9. The van der Waals surface area contributed by atoms with E-state index in [0.29, 0.717) is 48.8 Å². The highest BCUT2D eigenvalue weighted by Crippen LogP contribution is 2.32. The minimum Gasteiger partial charge on any atom is -0.495 e. The van der Waals surface area contributed by atoms with Crippen molar-refractivity contribution in [2.45, 2.75) is 53.1 Å². The number of pyridine rings is 1. The van der Waals surface area contributed by atoms with Crippen LogP contribution in [0.25, 0.3) is 11.0 Å². The van der Waals surface area contributed by atoms with E-state index in [1.54, 1.807) is 6.20 Å². The lowest BCUT2D eigenvalue weighted by molar-refractivity contribution is 0.340. The van der Waals surface area contributed by atoms with E-state index in [-0.39, 0.29) is 11.0 Å². The number of hydrogen-bond acceptors (Lipinski definition) is 9. The van der Waals surface area contributed by atoms with Gasteiger partial charge in [0.2, 0.25) is 0 Å². The lowest BCUT2D eigenvalue weighted by Crippen LogP contribution is -2.22. The average Bonchev–Trinajstić information content (AvgIpc) is 3.06. The van der Waals surface area contributed by atoms with Crippen LogP contribution in [-0.2, 0) is 18.5 Å². The predicted molar refractivity (Wildman–Crippen MR) is 188 cm³/mol. The first-order chi connectivity index (χ1) is 22.7. The second kappa shape index (κ2) is 14.9. The molecule has 0 radical (unpaired) electrons. The Morgan fingerprint density at radius 2 is 1.49 bits per heavy atom. The van der Waals surface area contributed by atoms with Crippen LogP contribution in [0.4, 0.5) is 11.5 Å². The summed E-state index contributed by atoms with van der Waals surface area (Å²) >= 11 is 0. The number of aromatic nitrogens is 1. The van der Waals surface area contributed by atoms with Crippen molar-refractivity contribution in [1.82, 2.24) is 4.98 Å². The van der Waals surface area contributed by atoms with Gasteiger partial charge >= 0.3 is 5.63 Å². The molecule has 0 aliphatic rings. The third-order valence-electron chi connectivity index (χ3n) is 7.66. The summed E-state index contributed by atoms with van der Waals surface area (Å²) < 4.78 is 22.8. The molecule has 5 aromatic rings. The summed E-state index contributed by atoms with van der Waals surface area (Å²) in [5.74, 6) is 2.62. The molecule has 1 N–H and O–H groups in total. The Morgan fingerprint density at radius 3 is 2.04 bits per heavy atom. The summed E-state index contributed by atoms with van der Waals surface area (Å²) in [6, 6.07) is 25.9. The number of rotatable bonds is 13. The highest BCUT2D eigenvalue weighted by molar-refractivity contribution is 5.95. The number of methoxy groups -OCH3 is 1. The first kappa shape index (κ1) is 33.1. The van der Waals surface area contributed by atoms with Gasteiger partial charge in [-0.05, 0) is 84.5 Å². The molecule has 0 aliphatic carbocycles. The molecule has 0 fully saturated rings. The molecular formula is C38H42N4O5. The van der Waals surface area contributed by atoms with Crippen molar-refractivity contribution >= 4 is 28.7 Å². The van der Waals surface area contributed by atoms with Gasteiger partial charge in [-0.25, -0.2) is 9.78 Å². The van der Waals surface area contributed by atoms with Gasteiger partial charge in [-0.15, -0.1) is 0 Å². The van der Waals surface area contributed by atoms with Crippen LogP contribution in [-0.4, -0.2) is 31.5 Å². The summed E-state index contributed by atoms with van der Waals surface area (Å²) in [7, 11) is 1.53. The number of anilines is 2. The second-order valence-corrected chi connectivity index (χ2v) is 12.1. The van der Waals surface area contributed by atoms with Gasteiger partial charge in [0, 0.05) is 31.0 Å². The SMILES string of the molecule is CCOc1ccc(CN(Cc2ccc(OCC)cc2)c2ccc3c(OC)c(/C=N/Nc4cc(C(C)(C)C)ccn4)c(=O)oc3c2)cc1. The van der Waals surface area contributed by atoms with Gasteiger partial charge in [-0.1, -0.05) is 45.0 Å². The average molecular weight is 635 g/mol. The Morgan fingerprint density at radius 1 is 0.872 bits per heavy atom. The number of nitrogens with zero attached hydrogens (tertiary/aromatic N) is 3. The molecule has 0 bridgehead atoms. The van der Waals surface area contributed by atoms with Gasteiger partial charge in [0.25, 0.3) is 0 Å². The van der Waals surface area contributed by atoms with E-state index in [1.807, 2.05) is 68.4 Å². The molecule has 0 atom stereocenters. The van der Waals surface area contributed by atoms with Gasteiger partial charge in [0.1, 0.15) is 34.2 Å². The van der Waals surface area contributed by atoms with Crippen molar-refractivity contribution in [3.63, 3.8) is 0 Å². The maximum atomic E-state index is 13.3. The van der Waals surface area contributed by atoms with Gasteiger partial charge < -0.3 is 23.5 Å². The van der Waals surface area contributed by atoms with Crippen molar-refractivity contribution in [3.8, 4) is 17.2 Å². The van der Waals surface area contributed by atoms with E-state index in [2.05, 4.69) is 65.4 Å². The largest absolute Gasteiger partial charge is 0.495 e. The summed E-state index contributed by atoms with van der Waals surface area (Å²) in [4.78, 5) is 19.8. The van der Waals surface area contributed by atoms with E-state index >= 15 is 0 Å². The topological polar surface area (TPSA) is 98.4 Å². The molecule has 244 valence electrons. The number of hydrogen-bond donors (Lipinski definition) is 1. The van der Waals surface area contributed by atoms with Gasteiger partial charge in [-0.2, -0.15) is 5.10 Å². The molecule has 0 amide bonds. The lowest BCUT2D eigenvalue weighted by atomic mass is 9.88. The Bertz CT molecular complexity index is 1830. The summed E-state index contributed by atoms with van der Waals surface area (Å²) in [6.07, 6.45) is 3.14. The first-order valence-electron chi connectivity index (χ1n) is 15.8. The van der Waals surface area contributed by atoms with Crippen LogP contribution in [0.15, 0.2) is 99.4 Å². The number of fused-ring (bicyclic) bond motifs is 1. The van der Waals surface area contributed by atoms with Crippen LogP contribution in [0, 0.1) is 0 Å². The predicted octanol–water partition coefficient (Wildman–Crippen LogP) is 7.94. The minimum atomic E-state index is -0.557. The van der Waals surface area contributed by atoms with Crippen LogP contribution in [0.1, 0.15) is 56.9 Å². The van der Waals surface area contributed by atoms with Crippen LogP contribution in [0.2, 0.25) is 0 Å². The fourth-order valence-electron chi connectivity index (χ4n) is 5.22. The Hall–Kier alpha value is -5.31. The van der Waals surface area contributed by atoms with Crippen LogP contribution >= 0.6 is 0 Å². The molecule has 47 heavy (non-hydrogen) atoms. The molecule has 0 saturated heterocycles. The third kappa shape index (κ3) is 8.30. The van der Waals surface area contributed by atoms with Crippen LogP contribution in [0.5, 0.6) is 17.2 Å². The Kier molecular flexibility index (Phi) is 10.5. The van der Waals surface area contributed by atoms with E-state index in [0.717, 1.165) is 33.9 Å². The van der Waals surface area contributed by atoms with Crippen molar-refractivity contribution in [2.75, 3.05) is 30.6 Å². The number of hydrazone groups is 1. The molecule has 9 heteroatoms. The smallest absolute Gasteiger partial charge is 0.349 e. The fourth-order valence-corrected chi connectivity index (χ4v) is 5.22. The molecule has 2 heterocycles. The van der Waals surface area contributed by atoms with E-state index in [1.165, 1.54) is 13.3 Å². The molecule has 0 spiro atoms. The van der Waals surface area contributed by atoms with Crippen molar-refractivity contribution in [2.24, 2.45) is 5.10 Å². The normalized spacial score (nSPS) is 11.5. The van der Waals surface area contributed by atoms with Gasteiger partial charge in [-0.3, -0.25) is 5.43 Å². The van der Waals surface area contributed by atoms with Crippen molar-refractivity contribution in [3.05, 3.63) is 118 Å². The second-order valence-electron chi connectivity index (χ2n) is 12.1. The minimum absolute atomic E-state index is 0.0391. The standard InChI is InChI=1S/C38H42N4O5/c1-7-45-30-14-9-26(10-15-30)24-42(25-27-11-16-31(17-12-27)46-8-2)29-13-18-32-34(22-29)47-37(43)33(36(32)44-6)23-40-41-35-21-28(19-20-39-35)38(3,4)5/h9-23H,7-8,24-25H2,1-6H3,(H,39,41)/b40-23+. The van der Waals surface area contributed by atoms with Crippen LogP contribution < -0.4 is 30.2 Å². The fraction of sp³-hybridized carbons (Fsp3) is 0.289. The molecule has 0 unspecified atom stereocenters. The zero-order valence-corrected chi connectivity index (χ0v) is 27.9. The quantitative estimate of drug-likeness (QED) is 0.0792. The maximum absolute atomic E-state index is 13.3. The number of nitrogens with one attached hydrogen (secondary N) is 1. The summed E-state index contributed by atoms with van der Waals surface area (Å²) in [5.41, 5.74) is 7.17. The number of ether oxygens (including phenoxy) is 3. The Labute approximate surface area is 275 Å². The molecule has 0 aliphatic heterocycles. The number of benzene rings is 3. The molecule has 3 aromatic carbocycles. The molecule has 9 nitrogen and oxygen atoms in total. The molecular weight excluding hydrogens is 592 g/mol. The third-order valence-corrected chi connectivity index (χ3v) is 7.66.